The van der Waals surface area contributed by atoms with Crippen LogP contribution in [0.15, 0.2) is 35.3 Å². The van der Waals surface area contributed by atoms with E-state index in [0.29, 0.717) is 17.8 Å². The van der Waals surface area contributed by atoms with Gasteiger partial charge in [-0.2, -0.15) is 0 Å². The molecule has 100 valence electrons. The first-order valence-corrected chi connectivity index (χ1v) is 5.85. The molecule has 0 saturated heterocycles. The summed E-state index contributed by atoms with van der Waals surface area (Å²) >= 11 is 0. The van der Waals surface area contributed by atoms with Crippen LogP contribution in [0, 0.1) is 18.6 Å². The molecule has 0 aliphatic carbocycles. The van der Waals surface area contributed by atoms with Crippen LogP contribution in [0.1, 0.15) is 11.3 Å². The van der Waals surface area contributed by atoms with Gasteiger partial charge in [0.2, 0.25) is 0 Å². The van der Waals surface area contributed by atoms with Gasteiger partial charge < -0.3 is 9.88 Å². The summed E-state index contributed by atoms with van der Waals surface area (Å²) in [5.41, 5.74) is 1.01. The van der Waals surface area contributed by atoms with Crippen LogP contribution in [-0.4, -0.2) is 11.6 Å². The Morgan fingerprint density at radius 1 is 1.26 bits per heavy atom. The molecule has 0 bridgehead atoms. The highest BCUT2D eigenvalue weighted by Crippen LogP contribution is 2.16. The zero-order valence-corrected chi connectivity index (χ0v) is 10.7. The van der Waals surface area contributed by atoms with Crippen molar-refractivity contribution in [3.63, 3.8) is 0 Å². The van der Waals surface area contributed by atoms with E-state index in [1.807, 2.05) is 0 Å². The standard InChI is InChI=1S/C14H14F2N2O/c1-9-5-14(19)10(7-17-2)8-18(9)13-6-11(15)3-4-12(13)16/h3-6,8,17H,7H2,1-2H3. The Balaban J connectivity index is 2.64. The summed E-state index contributed by atoms with van der Waals surface area (Å²) < 4.78 is 28.5. The van der Waals surface area contributed by atoms with Gasteiger partial charge in [0, 0.05) is 36.1 Å². The molecule has 19 heavy (non-hydrogen) atoms. The maximum absolute atomic E-state index is 13.8. The molecular formula is C14H14F2N2O. The van der Waals surface area contributed by atoms with Crippen molar-refractivity contribution in [1.29, 1.82) is 0 Å². The third kappa shape index (κ3) is 2.71. The average Bonchev–Trinajstić information content (AvgIpc) is 2.36. The van der Waals surface area contributed by atoms with E-state index in [9.17, 15) is 13.6 Å². The lowest BCUT2D eigenvalue weighted by Gasteiger charge is -2.13. The minimum atomic E-state index is -0.538. The monoisotopic (exact) mass is 264 g/mol. The second kappa shape index (κ2) is 5.32. The number of benzene rings is 1. The Kier molecular flexibility index (Phi) is 3.76. The van der Waals surface area contributed by atoms with Gasteiger partial charge in [0.15, 0.2) is 5.43 Å². The molecule has 0 amide bonds. The van der Waals surface area contributed by atoms with Gasteiger partial charge in [-0.15, -0.1) is 0 Å². The van der Waals surface area contributed by atoms with Crippen molar-refractivity contribution in [2.24, 2.45) is 0 Å². The minimum Gasteiger partial charge on any atom is -0.318 e. The van der Waals surface area contributed by atoms with Crippen LogP contribution < -0.4 is 10.7 Å². The summed E-state index contributed by atoms with van der Waals surface area (Å²) in [4.78, 5) is 11.7. The number of nitrogens with zero attached hydrogens (tertiary/aromatic N) is 1. The maximum atomic E-state index is 13.8. The summed E-state index contributed by atoms with van der Waals surface area (Å²) in [7, 11) is 1.71. The van der Waals surface area contributed by atoms with Gasteiger partial charge in [-0.1, -0.05) is 0 Å². The van der Waals surface area contributed by atoms with Crippen molar-refractivity contribution in [2.75, 3.05) is 7.05 Å². The summed E-state index contributed by atoms with van der Waals surface area (Å²) in [5, 5.41) is 2.87. The lowest BCUT2D eigenvalue weighted by molar-refractivity contribution is 0.590. The molecule has 2 rings (SSSR count). The third-order valence-electron chi connectivity index (χ3n) is 2.86. The third-order valence-corrected chi connectivity index (χ3v) is 2.86. The Bertz CT molecular complexity index is 665. The van der Waals surface area contributed by atoms with E-state index in [-0.39, 0.29) is 11.1 Å². The Morgan fingerprint density at radius 2 is 2.00 bits per heavy atom. The molecule has 1 N–H and O–H groups in total. The molecule has 0 radical (unpaired) electrons. The lowest BCUT2D eigenvalue weighted by Crippen LogP contribution is -2.19. The second-order valence-electron chi connectivity index (χ2n) is 4.30. The number of nitrogens with one attached hydrogen (secondary N) is 1. The van der Waals surface area contributed by atoms with Crippen LogP contribution in [0.2, 0.25) is 0 Å². The first kappa shape index (κ1) is 13.4. The van der Waals surface area contributed by atoms with Crippen LogP contribution in [-0.2, 0) is 6.54 Å². The molecular weight excluding hydrogens is 250 g/mol. The molecule has 0 spiro atoms. The normalized spacial score (nSPS) is 10.7. The smallest absolute Gasteiger partial charge is 0.186 e. The minimum absolute atomic E-state index is 0.0925. The average molecular weight is 264 g/mol. The van der Waals surface area contributed by atoms with Crippen molar-refractivity contribution < 1.29 is 8.78 Å². The number of rotatable bonds is 3. The van der Waals surface area contributed by atoms with Gasteiger partial charge in [-0.25, -0.2) is 8.78 Å². The first-order valence-electron chi connectivity index (χ1n) is 5.85. The molecule has 5 heteroatoms. The van der Waals surface area contributed by atoms with Crippen molar-refractivity contribution in [1.82, 2.24) is 9.88 Å². The summed E-state index contributed by atoms with van der Waals surface area (Å²) in [6.07, 6.45) is 1.53. The number of hydrogen-bond donors (Lipinski definition) is 1. The molecule has 0 saturated carbocycles. The van der Waals surface area contributed by atoms with E-state index >= 15 is 0 Å². The predicted octanol–water partition coefficient (Wildman–Crippen LogP) is 2.14. The van der Waals surface area contributed by atoms with E-state index in [2.05, 4.69) is 5.32 Å². The fourth-order valence-corrected chi connectivity index (χ4v) is 1.93. The van der Waals surface area contributed by atoms with E-state index < -0.39 is 11.6 Å². The Labute approximate surface area is 109 Å². The Morgan fingerprint density at radius 3 is 2.68 bits per heavy atom. The van der Waals surface area contributed by atoms with Gasteiger partial charge in [-0.05, 0) is 26.1 Å². The van der Waals surface area contributed by atoms with E-state index in [0.717, 1.165) is 18.2 Å². The highest BCUT2D eigenvalue weighted by Gasteiger charge is 2.10. The largest absolute Gasteiger partial charge is 0.318 e. The molecule has 0 aliphatic heterocycles. The fourth-order valence-electron chi connectivity index (χ4n) is 1.93. The zero-order chi connectivity index (χ0) is 14.0. The van der Waals surface area contributed by atoms with Crippen molar-refractivity contribution in [3.05, 3.63) is 63.6 Å². The van der Waals surface area contributed by atoms with Crippen molar-refractivity contribution >= 4 is 0 Å². The summed E-state index contributed by atoms with van der Waals surface area (Å²) in [5.74, 6) is -1.06. The van der Waals surface area contributed by atoms with Gasteiger partial charge in [0.25, 0.3) is 0 Å². The molecule has 0 unspecified atom stereocenters. The van der Waals surface area contributed by atoms with Crippen LogP contribution in [0.4, 0.5) is 8.78 Å². The van der Waals surface area contributed by atoms with Crippen LogP contribution >= 0.6 is 0 Å². The van der Waals surface area contributed by atoms with Crippen molar-refractivity contribution in [2.45, 2.75) is 13.5 Å². The Hall–Kier alpha value is -2.01. The maximum Gasteiger partial charge on any atom is 0.186 e. The summed E-state index contributed by atoms with van der Waals surface area (Å²) in [6.45, 7) is 2.05. The predicted molar refractivity (Wildman–Crippen MR) is 69.5 cm³/mol. The highest BCUT2D eigenvalue weighted by molar-refractivity contribution is 5.37. The lowest BCUT2D eigenvalue weighted by atomic mass is 10.2. The molecule has 2 aromatic rings. The molecule has 1 aromatic heterocycles. The molecule has 1 heterocycles. The highest BCUT2D eigenvalue weighted by atomic mass is 19.1. The SMILES string of the molecule is CNCc1cn(-c2cc(F)ccc2F)c(C)cc1=O. The molecule has 0 aliphatic rings. The van der Waals surface area contributed by atoms with E-state index in [4.69, 9.17) is 0 Å². The number of pyridine rings is 1. The van der Waals surface area contributed by atoms with Gasteiger partial charge in [-0.3, -0.25) is 4.79 Å². The molecule has 0 fully saturated rings. The molecule has 1 aromatic carbocycles. The fraction of sp³-hybridized carbons (Fsp3) is 0.214. The van der Waals surface area contributed by atoms with E-state index in [1.54, 1.807) is 14.0 Å². The zero-order valence-electron chi connectivity index (χ0n) is 10.7. The number of aromatic nitrogens is 1. The number of halogens is 2. The van der Waals surface area contributed by atoms with Crippen LogP contribution in [0.3, 0.4) is 0 Å². The number of aryl methyl sites for hydroxylation is 1. The van der Waals surface area contributed by atoms with E-state index in [1.165, 1.54) is 16.8 Å². The van der Waals surface area contributed by atoms with Gasteiger partial charge >= 0.3 is 0 Å². The topological polar surface area (TPSA) is 34.0 Å². The number of hydrogen-bond acceptors (Lipinski definition) is 2. The molecule has 3 nitrogen and oxygen atoms in total. The van der Waals surface area contributed by atoms with Crippen LogP contribution in [0.5, 0.6) is 0 Å². The first-order chi connectivity index (χ1) is 9.02. The molecule has 0 atom stereocenters. The van der Waals surface area contributed by atoms with Gasteiger partial charge in [0.1, 0.15) is 11.6 Å². The van der Waals surface area contributed by atoms with Gasteiger partial charge in [0.05, 0.1) is 5.69 Å². The second-order valence-corrected chi connectivity index (χ2v) is 4.30. The quantitative estimate of drug-likeness (QED) is 0.921. The van der Waals surface area contributed by atoms with Crippen molar-refractivity contribution in [3.8, 4) is 5.69 Å². The van der Waals surface area contributed by atoms with Crippen LogP contribution in [0.25, 0.3) is 5.69 Å². The summed E-state index contributed by atoms with van der Waals surface area (Å²) in [6, 6.07) is 4.65.